The van der Waals surface area contributed by atoms with Gasteiger partial charge < -0.3 is 24.3 Å². The van der Waals surface area contributed by atoms with Crippen LogP contribution < -0.4 is 14.8 Å². The van der Waals surface area contributed by atoms with E-state index in [1.165, 1.54) is 44.4 Å². The van der Waals surface area contributed by atoms with Crippen molar-refractivity contribution in [3.05, 3.63) is 75.8 Å². The number of thioether (sulfide) groups is 1. The van der Waals surface area contributed by atoms with Crippen molar-refractivity contribution in [1.82, 2.24) is 4.90 Å². The van der Waals surface area contributed by atoms with Crippen molar-refractivity contribution in [2.24, 2.45) is 4.99 Å². The van der Waals surface area contributed by atoms with Gasteiger partial charge in [0, 0.05) is 23.7 Å². The zero-order valence-electron chi connectivity index (χ0n) is 23.6. The summed E-state index contributed by atoms with van der Waals surface area (Å²) in [5.41, 5.74) is 2.07. The number of esters is 2. The number of anilines is 1. The monoisotopic (exact) mass is 659 g/mol. The van der Waals surface area contributed by atoms with E-state index in [-0.39, 0.29) is 45.7 Å². The highest BCUT2D eigenvalue weighted by atomic mass is 79.9. The average Bonchev–Trinajstić information content (AvgIpc) is 2.96. The van der Waals surface area contributed by atoms with Crippen LogP contribution in [-0.4, -0.2) is 67.8 Å². The highest BCUT2D eigenvalue weighted by Gasteiger charge is 2.42. The first kappa shape index (κ1) is 32.4. The summed E-state index contributed by atoms with van der Waals surface area (Å²) >= 11 is 1.01. The fraction of sp³-hybridized carbons (Fsp3) is 0.276. The number of halogens is 1. The fourth-order valence-electron chi connectivity index (χ4n) is 4.51. The number of carbonyl (C=O) groups excluding carboxylic acids is 4. The third-order valence-corrected chi connectivity index (χ3v) is 7.37. The van der Waals surface area contributed by atoms with Crippen molar-refractivity contribution in [1.29, 1.82) is 0 Å². The molecule has 2 amide bonds. The van der Waals surface area contributed by atoms with Gasteiger partial charge in [-0.25, -0.2) is 14.6 Å². The number of carbonyl (C=O) groups is 4. The summed E-state index contributed by atoms with van der Waals surface area (Å²) in [6, 6.07) is 10.7. The summed E-state index contributed by atoms with van der Waals surface area (Å²) in [6.45, 7) is 3.51. The lowest BCUT2D eigenvalue weighted by atomic mass is 9.94. The predicted octanol–water partition coefficient (Wildman–Crippen LogP) is 4.28. The van der Waals surface area contributed by atoms with Gasteiger partial charge in [0.1, 0.15) is 0 Å². The molecule has 11 nitrogen and oxygen atoms in total. The Kier molecular flexibility index (Phi) is 10.9. The number of ether oxygens (including phenoxy) is 4. The standard InChI is InChI=1S/C29H29N3O8S.BrH/c1-6-40-28(36)24-16(2)30-29-32(20(24)14-18-8-7-9-21(37-3)25(18)38-4)23(33)15-22(41-29)26(34)31-19-12-10-17(11-13-19)27(35)39-5;/h7-13,15,20H,6,14H2,1-5H3,(H,31,34);1H. The number of amides is 2. The van der Waals surface area contributed by atoms with Crippen molar-refractivity contribution in [3.63, 3.8) is 0 Å². The van der Waals surface area contributed by atoms with Gasteiger partial charge in [0.25, 0.3) is 11.8 Å². The molecule has 0 radical (unpaired) electrons. The maximum absolute atomic E-state index is 13.6. The van der Waals surface area contributed by atoms with E-state index < -0.39 is 29.8 Å². The van der Waals surface area contributed by atoms with Crippen LogP contribution in [0.25, 0.3) is 0 Å². The molecule has 2 aliphatic rings. The molecule has 0 saturated carbocycles. The van der Waals surface area contributed by atoms with Crippen molar-refractivity contribution in [3.8, 4) is 11.5 Å². The maximum Gasteiger partial charge on any atom is 0.337 e. The molecule has 1 atom stereocenters. The van der Waals surface area contributed by atoms with E-state index in [4.69, 9.17) is 14.2 Å². The van der Waals surface area contributed by atoms with E-state index in [9.17, 15) is 19.2 Å². The van der Waals surface area contributed by atoms with Crippen LogP contribution in [-0.2, 0) is 30.3 Å². The van der Waals surface area contributed by atoms with Crippen molar-refractivity contribution < 1.29 is 38.1 Å². The SMILES string of the molecule is Br.CCOC(=O)C1=C(C)N=C2SC(C(=O)Nc3ccc(C(=O)OC)cc3)=CC(=O)N2C1Cc1cccc(OC)c1OC. The highest BCUT2D eigenvalue weighted by Crippen LogP contribution is 2.39. The second-order valence-corrected chi connectivity index (χ2v) is 9.84. The Morgan fingerprint density at radius 2 is 1.74 bits per heavy atom. The number of hydrogen-bond acceptors (Lipinski definition) is 10. The number of nitrogens with one attached hydrogen (secondary N) is 1. The van der Waals surface area contributed by atoms with Gasteiger partial charge in [-0.1, -0.05) is 12.1 Å². The van der Waals surface area contributed by atoms with E-state index >= 15 is 0 Å². The molecule has 4 rings (SSSR count). The van der Waals surface area contributed by atoms with Crippen LogP contribution in [0.1, 0.15) is 29.8 Å². The molecule has 1 unspecified atom stereocenters. The van der Waals surface area contributed by atoms with Crippen LogP contribution in [0.2, 0.25) is 0 Å². The number of benzene rings is 2. The zero-order chi connectivity index (χ0) is 29.7. The first-order valence-corrected chi connectivity index (χ1v) is 13.4. The quantitative estimate of drug-likeness (QED) is 0.392. The molecule has 2 aromatic rings. The number of nitrogens with zero attached hydrogens (tertiary/aromatic N) is 2. The molecule has 0 fully saturated rings. The van der Waals surface area contributed by atoms with Gasteiger partial charge >= 0.3 is 11.9 Å². The molecule has 0 spiro atoms. The Morgan fingerprint density at radius 3 is 2.36 bits per heavy atom. The van der Waals surface area contributed by atoms with Crippen molar-refractivity contribution in [2.75, 3.05) is 33.3 Å². The van der Waals surface area contributed by atoms with Gasteiger partial charge in [0.05, 0.1) is 55.7 Å². The largest absolute Gasteiger partial charge is 0.493 e. The third-order valence-electron chi connectivity index (χ3n) is 6.38. The molecule has 2 aromatic carbocycles. The molecular formula is C29H30BrN3O8S. The molecule has 0 saturated heterocycles. The van der Waals surface area contributed by atoms with E-state index in [0.717, 1.165) is 11.8 Å². The number of allylic oxidation sites excluding steroid dienone is 1. The second kappa shape index (κ2) is 14.2. The minimum atomic E-state index is -0.783. The van der Waals surface area contributed by atoms with Gasteiger partial charge in [-0.05, 0) is 55.9 Å². The van der Waals surface area contributed by atoms with Crippen LogP contribution >= 0.6 is 28.7 Å². The number of fused-ring (bicyclic) bond motifs is 1. The highest BCUT2D eigenvalue weighted by molar-refractivity contribution is 8.93. The Bertz CT molecular complexity index is 1490. The molecule has 1 N–H and O–H groups in total. The summed E-state index contributed by atoms with van der Waals surface area (Å²) in [4.78, 5) is 57.4. The summed E-state index contributed by atoms with van der Waals surface area (Å²) in [5, 5.41) is 2.97. The van der Waals surface area contributed by atoms with E-state index in [1.54, 1.807) is 38.1 Å². The molecule has 0 bridgehead atoms. The summed E-state index contributed by atoms with van der Waals surface area (Å²) < 4.78 is 21.0. The molecule has 42 heavy (non-hydrogen) atoms. The lowest BCUT2D eigenvalue weighted by molar-refractivity contribution is -0.139. The molecule has 0 aromatic heterocycles. The number of amidine groups is 1. The smallest absolute Gasteiger partial charge is 0.337 e. The molecule has 13 heteroatoms. The number of hydrogen-bond donors (Lipinski definition) is 1. The molecule has 222 valence electrons. The Morgan fingerprint density at radius 1 is 1.02 bits per heavy atom. The van der Waals surface area contributed by atoms with Gasteiger partial charge in [0.15, 0.2) is 16.7 Å². The minimum Gasteiger partial charge on any atom is -0.493 e. The minimum absolute atomic E-state index is 0. The van der Waals surface area contributed by atoms with Gasteiger partial charge in [-0.15, -0.1) is 17.0 Å². The number of para-hydroxylation sites is 1. The molecule has 0 aliphatic carbocycles. The van der Waals surface area contributed by atoms with Gasteiger partial charge in [-0.2, -0.15) is 0 Å². The first-order chi connectivity index (χ1) is 19.7. The van der Waals surface area contributed by atoms with Crippen molar-refractivity contribution >= 4 is 63.4 Å². The Hall–Kier alpha value is -4.10. The summed E-state index contributed by atoms with van der Waals surface area (Å²) in [7, 11) is 4.32. The lowest BCUT2D eigenvalue weighted by Crippen LogP contribution is -2.50. The number of aliphatic imine (C=N–C) groups is 1. The zero-order valence-corrected chi connectivity index (χ0v) is 26.1. The number of methoxy groups -OCH3 is 3. The van der Waals surface area contributed by atoms with Crippen LogP contribution in [0, 0.1) is 0 Å². The number of rotatable bonds is 9. The predicted molar refractivity (Wildman–Crippen MR) is 163 cm³/mol. The van der Waals surface area contributed by atoms with Gasteiger partial charge in [-0.3, -0.25) is 14.5 Å². The van der Waals surface area contributed by atoms with Gasteiger partial charge in [0.2, 0.25) is 0 Å². The second-order valence-electron chi connectivity index (χ2n) is 8.83. The Labute approximate surface area is 257 Å². The third kappa shape index (κ3) is 6.68. The Balaban J connectivity index is 0.00000484. The average molecular weight is 661 g/mol. The normalized spacial score (nSPS) is 15.9. The van der Waals surface area contributed by atoms with Crippen LogP contribution in [0.15, 0.2) is 69.7 Å². The van der Waals surface area contributed by atoms with E-state index in [2.05, 4.69) is 15.0 Å². The van der Waals surface area contributed by atoms with Crippen molar-refractivity contribution in [2.45, 2.75) is 26.3 Å². The molecule has 2 heterocycles. The lowest BCUT2D eigenvalue weighted by Gasteiger charge is -2.38. The van der Waals surface area contributed by atoms with Crippen LogP contribution in [0.3, 0.4) is 0 Å². The topological polar surface area (TPSA) is 133 Å². The first-order valence-electron chi connectivity index (χ1n) is 12.6. The maximum atomic E-state index is 13.6. The van der Waals surface area contributed by atoms with E-state index in [0.29, 0.717) is 34.0 Å². The van der Waals surface area contributed by atoms with Crippen LogP contribution in [0.4, 0.5) is 5.69 Å². The molecule has 2 aliphatic heterocycles. The summed E-state index contributed by atoms with van der Waals surface area (Å²) in [5.74, 6) is -1.14. The molecular weight excluding hydrogens is 630 g/mol. The van der Waals surface area contributed by atoms with Crippen LogP contribution in [0.5, 0.6) is 11.5 Å². The fourth-order valence-corrected chi connectivity index (χ4v) is 5.51. The van der Waals surface area contributed by atoms with E-state index in [1.807, 2.05) is 6.07 Å². The summed E-state index contributed by atoms with van der Waals surface area (Å²) in [6.07, 6.45) is 1.40.